The third-order valence-electron chi connectivity index (χ3n) is 3.25. The van der Waals surface area contributed by atoms with Crippen LogP contribution in [-0.2, 0) is 0 Å². The average Bonchev–Trinajstić information content (AvgIpc) is 2.49. The van der Waals surface area contributed by atoms with Gasteiger partial charge in [0.15, 0.2) is 0 Å². The van der Waals surface area contributed by atoms with Crippen molar-refractivity contribution in [2.24, 2.45) is 0 Å². The van der Waals surface area contributed by atoms with Crippen LogP contribution in [0.5, 0.6) is 0 Å². The first-order chi connectivity index (χ1) is 9.74. The molecule has 0 aliphatic rings. The molecule has 0 saturated heterocycles. The van der Waals surface area contributed by atoms with Gasteiger partial charge in [-0.1, -0.05) is 30.3 Å². The normalized spacial score (nSPS) is 12.3. The van der Waals surface area contributed by atoms with E-state index < -0.39 is 0 Å². The number of nitrogens with zero attached hydrogens (tertiary/aromatic N) is 2. The molecule has 1 aromatic heterocycles. The van der Waals surface area contributed by atoms with Crippen LogP contribution in [0.1, 0.15) is 18.5 Å². The molecule has 0 aliphatic heterocycles. The van der Waals surface area contributed by atoms with E-state index in [1.54, 1.807) is 6.33 Å². The number of halogens is 1. The first-order valence-electron chi connectivity index (χ1n) is 6.46. The van der Waals surface area contributed by atoms with Crippen LogP contribution in [0.3, 0.4) is 0 Å². The average molecular weight is 375 g/mol. The maximum atomic E-state index is 4.39. The summed E-state index contributed by atoms with van der Waals surface area (Å²) in [7, 11) is 0. The minimum Gasteiger partial charge on any atom is -0.363 e. The number of nitrogens with one attached hydrogen (secondary N) is 1. The standard InChI is InChI=1S/C16H14IN3/c1-11(12-5-3-2-4-6-12)20-16-14-9-13(17)7-8-15(14)18-10-19-16/h2-11H,1H3,(H,18,19,20)/t11-/m1/s1. The van der Waals surface area contributed by atoms with E-state index in [1.165, 1.54) is 9.13 Å². The highest BCUT2D eigenvalue weighted by Gasteiger charge is 2.09. The van der Waals surface area contributed by atoms with E-state index in [0.29, 0.717) is 0 Å². The summed E-state index contributed by atoms with van der Waals surface area (Å²) in [6.07, 6.45) is 1.61. The van der Waals surface area contributed by atoms with E-state index in [1.807, 2.05) is 12.1 Å². The Morgan fingerprint density at radius 1 is 1.05 bits per heavy atom. The van der Waals surface area contributed by atoms with Crippen molar-refractivity contribution in [3.8, 4) is 0 Å². The van der Waals surface area contributed by atoms with Gasteiger partial charge in [0.25, 0.3) is 0 Å². The van der Waals surface area contributed by atoms with Gasteiger partial charge in [0.1, 0.15) is 12.1 Å². The second kappa shape index (κ2) is 5.75. The second-order valence-corrected chi connectivity index (χ2v) is 5.91. The predicted molar refractivity (Wildman–Crippen MR) is 90.7 cm³/mol. The SMILES string of the molecule is C[C@@H](Nc1ncnc2ccc(I)cc12)c1ccccc1. The van der Waals surface area contributed by atoms with Crippen molar-refractivity contribution < 1.29 is 0 Å². The molecular formula is C16H14IN3. The number of benzene rings is 2. The van der Waals surface area contributed by atoms with Crippen molar-refractivity contribution in [3.05, 3.63) is 64.0 Å². The third kappa shape index (κ3) is 2.75. The third-order valence-corrected chi connectivity index (χ3v) is 3.92. The van der Waals surface area contributed by atoms with E-state index in [4.69, 9.17) is 0 Å². The Bertz CT molecular complexity index is 728. The summed E-state index contributed by atoms with van der Waals surface area (Å²) in [5, 5.41) is 4.53. The summed E-state index contributed by atoms with van der Waals surface area (Å²) in [6.45, 7) is 2.14. The fraction of sp³-hybridized carbons (Fsp3) is 0.125. The van der Waals surface area contributed by atoms with Crippen molar-refractivity contribution >= 4 is 39.3 Å². The van der Waals surface area contributed by atoms with Gasteiger partial charge >= 0.3 is 0 Å². The summed E-state index contributed by atoms with van der Waals surface area (Å²) in [6, 6.07) is 16.7. The molecule has 0 aliphatic carbocycles. The maximum Gasteiger partial charge on any atom is 0.137 e. The van der Waals surface area contributed by atoms with Crippen molar-refractivity contribution in [2.75, 3.05) is 5.32 Å². The predicted octanol–water partition coefficient (Wildman–Crippen LogP) is 4.41. The minimum absolute atomic E-state index is 0.201. The molecule has 4 heteroatoms. The van der Waals surface area contributed by atoms with Gasteiger partial charge in [-0.3, -0.25) is 0 Å². The van der Waals surface area contributed by atoms with Crippen LogP contribution in [0, 0.1) is 3.57 Å². The van der Waals surface area contributed by atoms with Gasteiger partial charge in [0, 0.05) is 15.0 Å². The van der Waals surface area contributed by atoms with E-state index in [0.717, 1.165) is 16.7 Å². The topological polar surface area (TPSA) is 37.8 Å². The van der Waals surface area contributed by atoms with E-state index in [9.17, 15) is 0 Å². The van der Waals surface area contributed by atoms with Crippen LogP contribution in [-0.4, -0.2) is 9.97 Å². The van der Waals surface area contributed by atoms with Crippen molar-refractivity contribution in [1.29, 1.82) is 0 Å². The highest BCUT2D eigenvalue weighted by atomic mass is 127. The van der Waals surface area contributed by atoms with Gasteiger partial charge in [-0.05, 0) is 53.3 Å². The van der Waals surface area contributed by atoms with Gasteiger partial charge in [-0.15, -0.1) is 0 Å². The minimum atomic E-state index is 0.201. The molecule has 0 spiro atoms. The van der Waals surface area contributed by atoms with Gasteiger partial charge in [-0.25, -0.2) is 9.97 Å². The fourth-order valence-electron chi connectivity index (χ4n) is 2.17. The zero-order chi connectivity index (χ0) is 13.9. The van der Waals surface area contributed by atoms with Gasteiger partial charge < -0.3 is 5.32 Å². The Hall–Kier alpha value is -1.69. The Balaban J connectivity index is 1.97. The van der Waals surface area contributed by atoms with Crippen LogP contribution < -0.4 is 5.32 Å². The zero-order valence-corrected chi connectivity index (χ0v) is 13.2. The Morgan fingerprint density at radius 3 is 2.65 bits per heavy atom. The van der Waals surface area contributed by atoms with Crippen LogP contribution in [0.4, 0.5) is 5.82 Å². The monoisotopic (exact) mass is 375 g/mol. The summed E-state index contributed by atoms with van der Waals surface area (Å²) in [4.78, 5) is 8.70. The summed E-state index contributed by atoms with van der Waals surface area (Å²) >= 11 is 2.31. The quantitative estimate of drug-likeness (QED) is 0.690. The van der Waals surface area contributed by atoms with Crippen LogP contribution >= 0.6 is 22.6 Å². The molecule has 1 atom stereocenters. The summed E-state index contributed by atoms with van der Waals surface area (Å²) in [5.41, 5.74) is 2.20. The molecule has 0 bridgehead atoms. The number of hydrogen-bond donors (Lipinski definition) is 1. The van der Waals surface area contributed by atoms with E-state index >= 15 is 0 Å². The van der Waals surface area contributed by atoms with Crippen LogP contribution in [0.2, 0.25) is 0 Å². The lowest BCUT2D eigenvalue weighted by atomic mass is 10.1. The molecule has 0 radical (unpaired) electrons. The first-order valence-corrected chi connectivity index (χ1v) is 7.53. The number of hydrogen-bond acceptors (Lipinski definition) is 3. The molecule has 100 valence electrons. The number of rotatable bonds is 3. The Morgan fingerprint density at radius 2 is 1.85 bits per heavy atom. The molecule has 20 heavy (non-hydrogen) atoms. The zero-order valence-electron chi connectivity index (χ0n) is 11.0. The molecule has 1 N–H and O–H groups in total. The van der Waals surface area contributed by atoms with Gasteiger partial charge in [0.05, 0.1) is 5.52 Å². The molecule has 2 aromatic carbocycles. The molecule has 0 amide bonds. The number of aromatic nitrogens is 2. The lowest BCUT2D eigenvalue weighted by Crippen LogP contribution is -2.08. The van der Waals surface area contributed by atoms with Gasteiger partial charge in [-0.2, -0.15) is 0 Å². The fourth-order valence-corrected chi connectivity index (χ4v) is 2.67. The lowest BCUT2D eigenvalue weighted by Gasteiger charge is -2.16. The highest BCUT2D eigenvalue weighted by Crippen LogP contribution is 2.25. The van der Waals surface area contributed by atoms with Crippen molar-refractivity contribution in [2.45, 2.75) is 13.0 Å². The molecule has 1 heterocycles. The smallest absolute Gasteiger partial charge is 0.137 e. The first kappa shape index (κ1) is 13.3. The summed E-state index contributed by atoms with van der Waals surface area (Å²) < 4.78 is 1.18. The lowest BCUT2D eigenvalue weighted by molar-refractivity contribution is 0.876. The highest BCUT2D eigenvalue weighted by molar-refractivity contribution is 14.1. The molecule has 3 rings (SSSR count). The summed E-state index contributed by atoms with van der Waals surface area (Å²) in [5.74, 6) is 0.880. The molecule has 0 unspecified atom stereocenters. The van der Waals surface area contributed by atoms with Crippen LogP contribution in [0.25, 0.3) is 10.9 Å². The van der Waals surface area contributed by atoms with E-state index in [-0.39, 0.29) is 6.04 Å². The molecule has 3 nitrogen and oxygen atoms in total. The second-order valence-electron chi connectivity index (χ2n) is 4.66. The Labute approximate surface area is 131 Å². The van der Waals surface area contributed by atoms with Crippen LogP contribution in [0.15, 0.2) is 54.9 Å². The number of anilines is 1. The molecule has 0 fully saturated rings. The van der Waals surface area contributed by atoms with Crippen molar-refractivity contribution in [1.82, 2.24) is 9.97 Å². The van der Waals surface area contributed by atoms with Gasteiger partial charge in [0.2, 0.25) is 0 Å². The molecule has 0 saturated carbocycles. The Kier molecular flexibility index (Phi) is 3.82. The molecular weight excluding hydrogens is 361 g/mol. The largest absolute Gasteiger partial charge is 0.363 e. The number of fused-ring (bicyclic) bond motifs is 1. The van der Waals surface area contributed by atoms with E-state index in [2.05, 4.69) is 81.2 Å². The molecule has 3 aromatic rings. The maximum absolute atomic E-state index is 4.39. The van der Waals surface area contributed by atoms with Crippen molar-refractivity contribution in [3.63, 3.8) is 0 Å².